The molecular formula is C18H18F3N3O2. The Hall–Kier alpha value is -2.64. The molecule has 2 N–H and O–H groups in total. The number of nitrogens with two attached hydrogens (primary N) is 1. The van der Waals surface area contributed by atoms with Gasteiger partial charge in [-0.3, -0.25) is 9.79 Å². The number of halogens is 3. The minimum atomic E-state index is -3.46. The van der Waals surface area contributed by atoms with Crippen molar-refractivity contribution in [1.82, 2.24) is 0 Å². The van der Waals surface area contributed by atoms with Crippen molar-refractivity contribution in [1.29, 1.82) is 0 Å². The van der Waals surface area contributed by atoms with Crippen molar-refractivity contribution in [3.63, 3.8) is 0 Å². The summed E-state index contributed by atoms with van der Waals surface area (Å²) in [4.78, 5) is 20.1. The zero-order chi connectivity index (χ0) is 19.1. The predicted molar refractivity (Wildman–Crippen MR) is 91.0 cm³/mol. The van der Waals surface area contributed by atoms with Crippen LogP contribution in [0.1, 0.15) is 25.0 Å². The lowest BCUT2D eigenvalue weighted by Crippen LogP contribution is -2.51. The van der Waals surface area contributed by atoms with E-state index in [4.69, 9.17) is 5.73 Å². The maximum absolute atomic E-state index is 14.4. The van der Waals surface area contributed by atoms with Crippen molar-refractivity contribution < 1.29 is 22.7 Å². The molecule has 5 nitrogen and oxygen atoms in total. The van der Waals surface area contributed by atoms with Gasteiger partial charge in [0.15, 0.2) is 17.9 Å². The second-order valence-corrected chi connectivity index (χ2v) is 6.56. The van der Waals surface area contributed by atoms with Gasteiger partial charge in [0, 0.05) is 23.8 Å². The zero-order valence-electron chi connectivity index (χ0n) is 14.4. The summed E-state index contributed by atoms with van der Waals surface area (Å²) in [5, 5.41) is 0. The van der Waals surface area contributed by atoms with Crippen molar-refractivity contribution in [2.45, 2.75) is 31.7 Å². The topological polar surface area (TPSA) is 77.0 Å². The Morgan fingerprint density at radius 2 is 2.12 bits per heavy atom. The summed E-state index contributed by atoms with van der Waals surface area (Å²) in [6.45, 7) is 2.18. The van der Waals surface area contributed by atoms with E-state index in [1.54, 1.807) is 13.1 Å². The number of benzene rings is 1. The number of ether oxygens (including phenoxy) is 1. The fourth-order valence-electron chi connectivity index (χ4n) is 3.03. The molecule has 1 aromatic rings. The molecule has 0 unspecified atom stereocenters. The molecule has 138 valence electrons. The largest absolute Gasteiger partial charge is 0.459 e. The Morgan fingerprint density at radius 3 is 2.77 bits per heavy atom. The molecule has 0 bridgehead atoms. The van der Waals surface area contributed by atoms with E-state index in [0.717, 1.165) is 18.6 Å². The molecule has 0 fully saturated rings. The van der Waals surface area contributed by atoms with Gasteiger partial charge in [-0.2, -0.15) is 8.78 Å². The summed E-state index contributed by atoms with van der Waals surface area (Å²) >= 11 is 0. The molecule has 0 saturated heterocycles. The number of amidine groups is 1. The number of nitrogens with zero attached hydrogens (tertiary/aromatic N) is 2. The number of alkyl halides is 2. The highest BCUT2D eigenvalue weighted by molar-refractivity contribution is 6.04. The van der Waals surface area contributed by atoms with Gasteiger partial charge in [0.2, 0.25) is 0 Å². The molecule has 0 amide bonds. The number of carbonyl (C=O) groups excluding carboxylic acids is 1. The van der Waals surface area contributed by atoms with Crippen LogP contribution < -0.4 is 5.73 Å². The van der Waals surface area contributed by atoms with Gasteiger partial charge in [0.05, 0.1) is 6.54 Å². The molecule has 8 heteroatoms. The molecule has 2 heterocycles. The van der Waals surface area contributed by atoms with Crippen LogP contribution >= 0.6 is 0 Å². The van der Waals surface area contributed by atoms with Gasteiger partial charge >= 0.3 is 5.92 Å². The molecule has 0 aliphatic carbocycles. The second-order valence-electron chi connectivity index (χ2n) is 6.56. The smallest absolute Gasteiger partial charge is 0.310 e. The minimum absolute atomic E-state index is 0.0410. The van der Waals surface area contributed by atoms with Crippen molar-refractivity contribution in [2.75, 3.05) is 13.2 Å². The maximum atomic E-state index is 14.4. The Bertz CT molecular complexity index is 861. The lowest BCUT2D eigenvalue weighted by Gasteiger charge is -2.37. The third kappa shape index (κ3) is 3.00. The lowest BCUT2D eigenvalue weighted by molar-refractivity contribution is -0.117. The van der Waals surface area contributed by atoms with Gasteiger partial charge in [-0.05, 0) is 37.1 Å². The molecule has 2 aliphatic rings. The number of rotatable bonds is 4. The van der Waals surface area contributed by atoms with Gasteiger partial charge < -0.3 is 10.5 Å². The fourth-order valence-corrected chi connectivity index (χ4v) is 3.03. The Labute approximate surface area is 148 Å². The number of hydrogen-bond donors (Lipinski definition) is 1. The van der Waals surface area contributed by atoms with E-state index in [2.05, 4.69) is 14.7 Å². The average Bonchev–Trinajstić information content (AvgIpc) is 2.99. The van der Waals surface area contributed by atoms with Gasteiger partial charge in [-0.1, -0.05) is 6.07 Å². The molecule has 0 saturated carbocycles. The number of hydrogen-bond acceptors (Lipinski definition) is 5. The van der Waals surface area contributed by atoms with Crippen LogP contribution in [-0.2, 0) is 21.5 Å². The molecule has 0 aromatic heterocycles. The molecule has 2 aliphatic heterocycles. The summed E-state index contributed by atoms with van der Waals surface area (Å²) in [5.74, 6) is -4.48. The Morgan fingerprint density at radius 1 is 1.38 bits per heavy atom. The molecular weight excluding hydrogens is 347 g/mol. The van der Waals surface area contributed by atoms with E-state index in [0.29, 0.717) is 17.7 Å². The van der Waals surface area contributed by atoms with Gasteiger partial charge in [-0.15, -0.1) is 0 Å². The Balaban J connectivity index is 1.97. The first-order valence-electron chi connectivity index (χ1n) is 8.02. The van der Waals surface area contributed by atoms with Crippen molar-refractivity contribution >= 4 is 18.0 Å². The highest BCUT2D eigenvalue weighted by Crippen LogP contribution is 2.44. The first-order valence-corrected chi connectivity index (χ1v) is 8.02. The van der Waals surface area contributed by atoms with Crippen LogP contribution in [0.2, 0.25) is 0 Å². The van der Waals surface area contributed by atoms with E-state index >= 15 is 0 Å². The van der Waals surface area contributed by atoms with Crippen molar-refractivity contribution in [3.8, 4) is 0 Å². The second kappa shape index (κ2) is 6.26. The van der Waals surface area contributed by atoms with Crippen LogP contribution in [0.5, 0.6) is 0 Å². The molecule has 1 atom stereocenters. The highest BCUT2D eigenvalue weighted by Gasteiger charge is 2.56. The van der Waals surface area contributed by atoms with Gasteiger partial charge in [-0.25, -0.2) is 9.38 Å². The summed E-state index contributed by atoms with van der Waals surface area (Å²) in [6.07, 6.45) is 1.57. The monoisotopic (exact) mass is 365 g/mol. The van der Waals surface area contributed by atoms with Crippen LogP contribution in [0.25, 0.3) is 0 Å². The van der Waals surface area contributed by atoms with Gasteiger partial charge in [0.1, 0.15) is 5.82 Å². The van der Waals surface area contributed by atoms with E-state index in [1.807, 2.05) is 0 Å². The highest BCUT2D eigenvalue weighted by atomic mass is 19.3. The first-order chi connectivity index (χ1) is 12.1. The summed E-state index contributed by atoms with van der Waals surface area (Å²) in [5.41, 5.74) is 4.65. The number of aliphatic imine (C=N–C) groups is 2. The zero-order valence-corrected chi connectivity index (χ0v) is 14.4. The number of Topliss-reactive ketones (excluding diaryl/α,β-unsaturated/α-hetero) is 1. The average molecular weight is 365 g/mol. The Kier molecular flexibility index (Phi) is 4.37. The van der Waals surface area contributed by atoms with Crippen LogP contribution in [0.3, 0.4) is 0 Å². The van der Waals surface area contributed by atoms with Crippen LogP contribution in [-0.4, -0.2) is 37.1 Å². The standard InChI is InChI=1S/C18H18F3N3O2/c1-10-7-23-8-12(10)15(25)6-11-3-4-14(19)13(5-11)17(2)18(20,21)9-26-16(22)24-17/h3-5,7H,6,8-9H2,1-2H3,(H2,22,24)/t17-/m1/s1. The molecule has 1 aromatic carbocycles. The summed E-state index contributed by atoms with van der Waals surface area (Å²) < 4.78 is 47.9. The summed E-state index contributed by atoms with van der Waals surface area (Å²) in [6, 6.07) is 3.28. The van der Waals surface area contributed by atoms with Crippen molar-refractivity contribution in [3.05, 3.63) is 46.3 Å². The number of carbonyl (C=O) groups is 1. The lowest BCUT2D eigenvalue weighted by atomic mass is 9.84. The van der Waals surface area contributed by atoms with Gasteiger partial charge in [0.25, 0.3) is 6.02 Å². The van der Waals surface area contributed by atoms with Crippen LogP contribution in [0, 0.1) is 5.82 Å². The first kappa shape index (κ1) is 18.2. The molecule has 3 rings (SSSR count). The van der Waals surface area contributed by atoms with Crippen molar-refractivity contribution in [2.24, 2.45) is 15.7 Å². The van der Waals surface area contributed by atoms with E-state index in [-0.39, 0.29) is 17.8 Å². The normalized spacial score (nSPS) is 24.4. The SMILES string of the molecule is CC1=C(C(=O)Cc2ccc(F)c([C@@]3(C)N=C(N)OCC3(F)F)c2)CN=C1. The van der Waals surface area contributed by atoms with Crippen LogP contribution in [0.4, 0.5) is 13.2 Å². The fraction of sp³-hybridized carbons (Fsp3) is 0.389. The molecule has 0 spiro atoms. The van der Waals surface area contributed by atoms with E-state index in [9.17, 15) is 18.0 Å². The third-order valence-electron chi connectivity index (χ3n) is 4.71. The minimum Gasteiger partial charge on any atom is -0.459 e. The maximum Gasteiger partial charge on any atom is 0.310 e. The number of ketones is 1. The van der Waals surface area contributed by atoms with E-state index < -0.39 is 29.9 Å². The van der Waals surface area contributed by atoms with Crippen LogP contribution in [0.15, 0.2) is 39.3 Å². The third-order valence-corrected chi connectivity index (χ3v) is 4.71. The summed E-state index contributed by atoms with van der Waals surface area (Å²) in [7, 11) is 0. The quantitative estimate of drug-likeness (QED) is 0.891. The predicted octanol–water partition coefficient (Wildman–Crippen LogP) is 2.53. The van der Waals surface area contributed by atoms with E-state index in [1.165, 1.54) is 12.1 Å². The molecule has 26 heavy (non-hydrogen) atoms. The number of allylic oxidation sites excluding steroid dienone is 1. The molecule has 0 radical (unpaired) electrons.